The second kappa shape index (κ2) is 16.0. The van der Waals surface area contributed by atoms with E-state index in [0.717, 1.165) is 18.6 Å². The molecule has 0 bridgehead atoms. The van der Waals surface area contributed by atoms with E-state index < -0.39 is 91.3 Å². The summed E-state index contributed by atoms with van der Waals surface area (Å²) < 4.78 is 18.3. The molecule has 2 rings (SSSR count). The lowest BCUT2D eigenvalue weighted by Crippen LogP contribution is -2.55. The molecule has 0 saturated carbocycles. The number of aromatic nitrogens is 6. The van der Waals surface area contributed by atoms with Crippen LogP contribution in [-0.4, -0.2) is 77.3 Å². The Kier molecular flexibility index (Phi) is 12.8. The second-order valence-corrected chi connectivity index (χ2v) is 8.97. The molecule has 0 aromatic carbocycles. The molecular weight excluding hydrogens is 580 g/mol. The number of aliphatic hydroxyl groups excluding tert-OH is 1. The summed E-state index contributed by atoms with van der Waals surface area (Å²) in [6, 6.07) is 0. The number of ether oxygens (including phenoxy) is 3. The average Bonchev–Trinajstić information content (AvgIpc) is 2.96. The van der Waals surface area contributed by atoms with Crippen LogP contribution >= 0.6 is 0 Å². The first-order valence-electron chi connectivity index (χ1n) is 13.2. The SMILES string of the molecule is CCCn1c(=O)n(CCC(=O)OC)c(=O)n(CCC(=O)OCCn2c(=O)n(CCO)c(=O)n(CCOC(C)=O)c2=O)c1=O. The third-order valence-electron chi connectivity index (χ3n) is 6.05. The Morgan fingerprint density at radius 1 is 0.581 bits per heavy atom. The van der Waals surface area contributed by atoms with Gasteiger partial charge in [0, 0.05) is 26.6 Å². The molecule has 0 aliphatic rings. The fourth-order valence-corrected chi connectivity index (χ4v) is 3.95. The summed E-state index contributed by atoms with van der Waals surface area (Å²) in [7, 11) is 1.14. The molecule has 0 amide bonds. The standard InChI is InChI=1S/C24H34N6O13/c1-4-7-25-19(35)26(8-5-17(33)41-3)21(37)27(20(25)36)9-6-18(34)43-15-12-30-23(39)28(10-13-31)22(38)29(24(30)40)11-14-42-16(2)32/h31H,4-15H2,1-3H3. The number of carbonyl (C=O) groups is 3. The first-order chi connectivity index (χ1) is 20.4. The molecule has 0 radical (unpaired) electrons. The largest absolute Gasteiger partial charge is 0.469 e. The molecule has 0 aliphatic carbocycles. The lowest BCUT2D eigenvalue weighted by atomic mass is 10.4. The zero-order chi connectivity index (χ0) is 32.3. The summed E-state index contributed by atoms with van der Waals surface area (Å²) >= 11 is 0. The summed E-state index contributed by atoms with van der Waals surface area (Å²) in [5.41, 5.74) is -6.06. The van der Waals surface area contributed by atoms with Gasteiger partial charge >= 0.3 is 52.0 Å². The lowest BCUT2D eigenvalue weighted by Gasteiger charge is -2.14. The van der Waals surface area contributed by atoms with E-state index in [1.165, 1.54) is 0 Å². The van der Waals surface area contributed by atoms with Crippen molar-refractivity contribution >= 4 is 17.9 Å². The normalized spacial score (nSPS) is 10.9. The van der Waals surface area contributed by atoms with Crippen LogP contribution in [0.1, 0.15) is 33.1 Å². The van der Waals surface area contributed by atoms with Crippen molar-refractivity contribution in [3.63, 3.8) is 0 Å². The van der Waals surface area contributed by atoms with Crippen LogP contribution in [0.15, 0.2) is 28.8 Å². The van der Waals surface area contributed by atoms with Crippen molar-refractivity contribution in [2.75, 3.05) is 26.9 Å². The Balaban J connectivity index is 2.23. The Morgan fingerprint density at radius 2 is 0.953 bits per heavy atom. The maximum absolute atomic E-state index is 12.9. The van der Waals surface area contributed by atoms with E-state index >= 15 is 0 Å². The average molecular weight is 615 g/mol. The Morgan fingerprint density at radius 3 is 1.35 bits per heavy atom. The van der Waals surface area contributed by atoms with E-state index in [9.17, 15) is 48.3 Å². The molecule has 2 heterocycles. The van der Waals surface area contributed by atoms with Crippen LogP contribution in [-0.2, 0) is 67.9 Å². The van der Waals surface area contributed by atoms with Gasteiger partial charge in [0.25, 0.3) is 0 Å². The van der Waals surface area contributed by atoms with Crippen molar-refractivity contribution in [3.05, 3.63) is 62.9 Å². The predicted octanol–water partition coefficient (Wildman–Crippen LogP) is -4.18. The van der Waals surface area contributed by atoms with E-state index in [4.69, 9.17) is 9.47 Å². The highest BCUT2D eigenvalue weighted by molar-refractivity contribution is 5.69. The molecule has 238 valence electrons. The number of rotatable bonds is 16. The van der Waals surface area contributed by atoms with Crippen LogP contribution in [0.3, 0.4) is 0 Å². The number of carbonyl (C=O) groups excluding carboxylic acids is 3. The first-order valence-corrected chi connectivity index (χ1v) is 13.2. The molecule has 2 aromatic heterocycles. The zero-order valence-corrected chi connectivity index (χ0v) is 24.0. The number of hydrogen-bond donors (Lipinski definition) is 1. The smallest absolute Gasteiger partial charge is 0.336 e. The quantitative estimate of drug-likeness (QED) is 0.140. The Bertz CT molecular complexity index is 1690. The molecule has 0 aliphatic heterocycles. The van der Waals surface area contributed by atoms with Gasteiger partial charge in [-0.3, -0.25) is 14.4 Å². The van der Waals surface area contributed by atoms with Crippen molar-refractivity contribution < 1.29 is 33.7 Å². The lowest BCUT2D eigenvalue weighted by molar-refractivity contribution is -0.144. The second-order valence-electron chi connectivity index (χ2n) is 8.97. The molecule has 0 atom stereocenters. The van der Waals surface area contributed by atoms with Gasteiger partial charge in [-0.15, -0.1) is 0 Å². The minimum absolute atomic E-state index is 0.0216. The number of hydrogen-bond acceptors (Lipinski definition) is 13. The van der Waals surface area contributed by atoms with Crippen LogP contribution in [0.5, 0.6) is 0 Å². The monoisotopic (exact) mass is 614 g/mol. The topological polar surface area (TPSA) is 231 Å². The van der Waals surface area contributed by atoms with Crippen molar-refractivity contribution in [1.82, 2.24) is 27.4 Å². The molecular formula is C24H34N6O13. The third kappa shape index (κ3) is 8.60. The summed E-state index contributed by atoms with van der Waals surface area (Å²) in [6.07, 6.45) is -0.445. The summed E-state index contributed by atoms with van der Waals surface area (Å²) in [5, 5.41) is 9.23. The van der Waals surface area contributed by atoms with E-state index in [0.29, 0.717) is 29.3 Å². The molecule has 0 saturated heterocycles. The predicted molar refractivity (Wildman–Crippen MR) is 145 cm³/mol. The van der Waals surface area contributed by atoms with Gasteiger partial charge in [-0.1, -0.05) is 6.92 Å². The summed E-state index contributed by atoms with van der Waals surface area (Å²) in [6.45, 7) is -0.804. The number of nitrogens with zero attached hydrogens (tertiary/aromatic N) is 6. The number of aliphatic hydroxyl groups is 1. The maximum atomic E-state index is 12.9. The molecule has 2 aromatic rings. The highest BCUT2D eigenvalue weighted by Gasteiger charge is 2.19. The van der Waals surface area contributed by atoms with Crippen LogP contribution in [0.25, 0.3) is 0 Å². The van der Waals surface area contributed by atoms with Crippen molar-refractivity contribution in [2.24, 2.45) is 0 Å². The molecule has 0 fully saturated rings. The minimum atomic E-state index is -1.07. The van der Waals surface area contributed by atoms with E-state index in [-0.39, 0.29) is 32.7 Å². The van der Waals surface area contributed by atoms with Crippen molar-refractivity contribution in [2.45, 2.75) is 72.4 Å². The summed E-state index contributed by atoms with van der Waals surface area (Å²) in [4.78, 5) is 111. The molecule has 0 unspecified atom stereocenters. The Labute approximate surface area is 241 Å². The van der Waals surface area contributed by atoms with Crippen LogP contribution in [0.4, 0.5) is 0 Å². The highest BCUT2D eigenvalue weighted by atomic mass is 16.5. The highest BCUT2D eigenvalue weighted by Crippen LogP contribution is 1.92. The van der Waals surface area contributed by atoms with E-state index in [1.807, 2.05) is 0 Å². The van der Waals surface area contributed by atoms with Gasteiger partial charge < -0.3 is 19.3 Å². The van der Waals surface area contributed by atoms with Crippen LogP contribution < -0.4 is 34.1 Å². The van der Waals surface area contributed by atoms with Crippen molar-refractivity contribution in [3.8, 4) is 0 Å². The van der Waals surface area contributed by atoms with E-state index in [2.05, 4.69) is 4.74 Å². The van der Waals surface area contributed by atoms with Gasteiger partial charge in [-0.05, 0) is 6.42 Å². The van der Waals surface area contributed by atoms with Crippen molar-refractivity contribution in [1.29, 1.82) is 0 Å². The molecule has 43 heavy (non-hydrogen) atoms. The zero-order valence-electron chi connectivity index (χ0n) is 24.0. The van der Waals surface area contributed by atoms with Crippen LogP contribution in [0.2, 0.25) is 0 Å². The van der Waals surface area contributed by atoms with Gasteiger partial charge in [-0.2, -0.15) is 0 Å². The van der Waals surface area contributed by atoms with Crippen LogP contribution in [0, 0.1) is 0 Å². The molecule has 1 N–H and O–H groups in total. The number of esters is 3. The fourth-order valence-electron chi connectivity index (χ4n) is 3.95. The number of methoxy groups -OCH3 is 1. The van der Waals surface area contributed by atoms with Gasteiger partial charge in [0.1, 0.15) is 13.2 Å². The van der Waals surface area contributed by atoms with Gasteiger partial charge in [0.15, 0.2) is 0 Å². The maximum Gasteiger partial charge on any atom is 0.336 e. The molecule has 19 nitrogen and oxygen atoms in total. The first kappa shape index (κ1) is 34.4. The van der Waals surface area contributed by atoms with E-state index in [1.54, 1.807) is 6.92 Å². The molecule has 0 spiro atoms. The van der Waals surface area contributed by atoms with Gasteiger partial charge in [0.2, 0.25) is 0 Å². The van der Waals surface area contributed by atoms with Gasteiger partial charge in [0.05, 0.1) is 46.2 Å². The third-order valence-corrected chi connectivity index (χ3v) is 6.05. The summed E-state index contributed by atoms with van der Waals surface area (Å²) in [5.74, 6) is -2.26. The molecule has 19 heteroatoms. The fraction of sp³-hybridized carbons (Fsp3) is 0.625. The Hall–Kier alpha value is -4.81. The van der Waals surface area contributed by atoms with Gasteiger partial charge in [-0.25, -0.2) is 56.2 Å². The minimum Gasteiger partial charge on any atom is -0.469 e.